The van der Waals surface area contributed by atoms with Gasteiger partial charge in [-0.15, -0.1) is 0 Å². The van der Waals surface area contributed by atoms with E-state index < -0.39 is 5.92 Å². The number of rotatable bonds is 5. The van der Waals surface area contributed by atoms with Crippen LogP contribution >= 0.6 is 11.3 Å². The maximum atomic E-state index is 12.2. The lowest BCUT2D eigenvalue weighted by molar-refractivity contribution is -0.118. The quantitative estimate of drug-likeness (QED) is 0.341. The van der Waals surface area contributed by atoms with Crippen molar-refractivity contribution in [3.05, 3.63) is 52.7 Å². The first kappa shape index (κ1) is 14.1. The van der Waals surface area contributed by atoms with Crippen molar-refractivity contribution in [3.63, 3.8) is 0 Å². The second-order valence-electron chi connectivity index (χ2n) is 4.27. The van der Waals surface area contributed by atoms with Crippen molar-refractivity contribution in [2.24, 2.45) is 16.8 Å². The van der Waals surface area contributed by atoms with Gasteiger partial charge in [-0.2, -0.15) is 11.3 Å². The normalized spacial score (nSPS) is 12.9. The van der Waals surface area contributed by atoms with Gasteiger partial charge in [0.25, 0.3) is 0 Å². The third-order valence-electron chi connectivity index (χ3n) is 2.86. The molecule has 104 valence electrons. The molecule has 0 fully saturated rings. The Hall–Kier alpha value is -2.34. The minimum absolute atomic E-state index is 0.0958. The molecule has 5 nitrogen and oxygen atoms in total. The van der Waals surface area contributed by atoms with E-state index in [9.17, 15) is 4.79 Å². The molecule has 2 rings (SSSR count). The lowest BCUT2D eigenvalue weighted by Crippen LogP contribution is -2.36. The highest BCUT2D eigenvalue weighted by molar-refractivity contribution is 7.08. The summed E-state index contributed by atoms with van der Waals surface area (Å²) >= 11 is 1.49. The van der Waals surface area contributed by atoms with Gasteiger partial charge in [0.05, 0.1) is 5.69 Å². The molecule has 1 atom stereocenters. The van der Waals surface area contributed by atoms with Gasteiger partial charge in [-0.25, -0.2) is 0 Å². The third kappa shape index (κ3) is 3.58. The highest BCUT2D eigenvalue weighted by Gasteiger charge is 2.23. The van der Waals surface area contributed by atoms with E-state index in [1.165, 1.54) is 11.3 Å². The van der Waals surface area contributed by atoms with E-state index in [4.69, 9.17) is 10.9 Å². The molecule has 0 saturated heterocycles. The second-order valence-corrected chi connectivity index (χ2v) is 5.05. The summed E-state index contributed by atoms with van der Waals surface area (Å²) in [5.41, 5.74) is 7.30. The van der Waals surface area contributed by atoms with Gasteiger partial charge in [0.1, 0.15) is 5.92 Å². The smallest absolute Gasteiger partial charge is 0.235 e. The Labute approximate surface area is 120 Å². The molecule has 0 aliphatic rings. The Morgan fingerprint density at radius 1 is 1.35 bits per heavy atom. The van der Waals surface area contributed by atoms with Crippen LogP contribution in [-0.2, 0) is 11.2 Å². The molecule has 1 unspecified atom stereocenters. The van der Waals surface area contributed by atoms with Gasteiger partial charge < -0.3 is 16.3 Å². The van der Waals surface area contributed by atoms with E-state index in [1.54, 1.807) is 6.07 Å². The SMILES string of the molecule is NC(=NO)C(Cc1ccccc1)C(=O)Nc1ccsc1. The monoisotopic (exact) mass is 289 g/mol. The number of carbonyl (C=O) groups is 1. The van der Waals surface area contributed by atoms with Gasteiger partial charge in [-0.05, 0) is 23.4 Å². The number of hydrogen-bond donors (Lipinski definition) is 3. The summed E-state index contributed by atoms with van der Waals surface area (Å²) in [4.78, 5) is 12.2. The van der Waals surface area contributed by atoms with E-state index in [-0.39, 0.29) is 11.7 Å². The molecule has 0 aliphatic carbocycles. The van der Waals surface area contributed by atoms with Crippen molar-refractivity contribution >= 4 is 28.8 Å². The number of oxime groups is 1. The van der Waals surface area contributed by atoms with Gasteiger partial charge in [-0.3, -0.25) is 4.79 Å². The molecule has 20 heavy (non-hydrogen) atoms. The number of hydrogen-bond acceptors (Lipinski definition) is 4. The lowest BCUT2D eigenvalue weighted by atomic mass is 9.97. The molecule has 4 N–H and O–H groups in total. The van der Waals surface area contributed by atoms with Crippen molar-refractivity contribution in [2.75, 3.05) is 5.32 Å². The zero-order valence-electron chi connectivity index (χ0n) is 10.7. The van der Waals surface area contributed by atoms with Crippen LogP contribution in [0.15, 0.2) is 52.3 Å². The number of thiophene rings is 1. The number of nitrogens with one attached hydrogen (secondary N) is 1. The summed E-state index contributed by atoms with van der Waals surface area (Å²) in [6, 6.07) is 11.3. The first-order valence-electron chi connectivity index (χ1n) is 6.05. The molecule has 1 amide bonds. The predicted molar refractivity (Wildman–Crippen MR) is 80.0 cm³/mol. The molecule has 0 aliphatic heterocycles. The van der Waals surface area contributed by atoms with Crippen LogP contribution in [0.2, 0.25) is 0 Å². The molecule has 1 aromatic heterocycles. The number of benzene rings is 1. The van der Waals surface area contributed by atoms with Crippen LogP contribution in [0.4, 0.5) is 5.69 Å². The average Bonchev–Trinajstić information content (AvgIpc) is 2.98. The minimum atomic E-state index is -0.706. The minimum Gasteiger partial charge on any atom is -0.409 e. The maximum absolute atomic E-state index is 12.2. The molecule has 0 spiro atoms. The van der Waals surface area contributed by atoms with Crippen LogP contribution in [0, 0.1) is 5.92 Å². The van der Waals surface area contributed by atoms with Gasteiger partial charge in [0.15, 0.2) is 5.84 Å². The molecular formula is C14H15N3O2S. The Balaban J connectivity index is 2.13. The number of amidine groups is 1. The Morgan fingerprint density at radius 3 is 2.70 bits per heavy atom. The van der Waals surface area contributed by atoms with E-state index in [0.717, 1.165) is 5.56 Å². The maximum Gasteiger partial charge on any atom is 0.235 e. The predicted octanol–water partition coefficient (Wildman–Crippen LogP) is 2.29. The zero-order valence-corrected chi connectivity index (χ0v) is 11.5. The first-order chi connectivity index (χ1) is 9.70. The highest BCUT2D eigenvalue weighted by atomic mass is 32.1. The standard InChI is InChI=1S/C14H15N3O2S/c15-13(17-19)12(8-10-4-2-1-3-5-10)14(18)16-11-6-7-20-9-11/h1-7,9,12,19H,8H2,(H2,15,17)(H,16,18). The van der Waals surface area contributed by atoms with Crippen LogP contribution in [0.3, 0.4) is 0 Å². The summed E-state index contributed by atoms with van der Waals surface area (Å²) in [5, 5.41) is 18.3. The van der Waals surface area contributed by atoms with Crippen LogP contribution in [0.25, 0.3) is 0 Å². The van der Waals surface area contributed by atoms with Crippen molar-refractivity contribution < 1.29 is 10.0 Å². The summed E-state index contributed by atoms with van der Waals surface area (Å²) in [7, 11) is 0. The summed E-state index contributed by atoms with van der Waals surface area (Å²) in [6.07, 6.45) is 0.382. The third-order valence-corrected chi connectivity index (χ3v) is 3.54. The van der Waals surface area contributed by atoms with Crippen LogP contribution in [-0.4, -0.2) is 17.0 Å². The second kappa shape index (κ2) is 6.72. The molecule has 6 heteroatoms. The van der Waals surface area contributed by atoms with Gasteiger partial charge >= 0.3 is 0 Å². The number of nitrogens with two attached hydrogens (primary N) is 1. The van der Waals surface area contributed by atoms with Crippen molar-refractivity contribution in [1.29, 1.82) is 0 Å². The van der Waals surface area contributed by atoms with Gasteiger partial charge in [0.2, 0.25) is 5.91 Å². The number of nitrogens with zero attached hydrogens (tertiary/aromatic N) is 1. The number of amides is 1. The molecular weight excluding hydrogens is 274 g/mol. The molecule has 0 saturated carbocycles. The highest BCUT2D eigenvalue weighted by Crippen LogP contribution is 2.15. The summed E-state index contributed by atoms with van der Waals surface area (Å²) < 4.78 is 0. The van der Waals surface area contributed by atoms with E-state index >= 15 is 0 Å². The van der Waals surface area contributed by atoms with Crippen molar-refractivity contribution in [2.45, 2.75) is 6.42 Å². The Kier molecular flexibility index (Phi) is 4.73. The van der Waals surface area contributed by atoms with Crippen LogP contribution < -0.4 is 11.1 Å². The Morgan fingerprint density at radius 2 is 2.10 bits per heavy atom. The summed E-state index contributed by atoms with van der Waals surface area (Å²) in [5.74, 6) is -1.09. The van der Waals surface area contributed by atoms with E-state index in [1.807, 2.05) is 41.1 Å². The van der Waals surface area contributed by atoms with Crippen molar-refractivity contribution in [3.8, 4) is 0 Å². The first-order valence-corrected chi connectivity index (χ1v) is 6.99. The van der Waals surface area contributed by atoms with E-state index in [0.29, 0.717) is 12.1 Å². The molecule has 0 bridgehead atoms. The molecule has 1 aromatic carbocycles. The lowest BCUT2D eigenvalue weighted by Gasteiger charge is -2.15. The molecule has 2 aromatic rings. The molecule has 1 heterocycles. The van der Waals surface area contributed by atoms with Gasteiger partial charge in [-0.1, -0.05) is 35.5 Å². The number of carbonyl (C=O) groups excluding carboxylic acids is 1. The average molecular weight is 289 g/mol. The van der Waals surface area contributed by atoms with E-state index in [2.05, 4.69) is 10.5 Å². The van der Waals surface area contributed by atoms with Crippen LogP contribution in [0.5, 0.6) is 0 Å². The Bertz CT molecular complexity index is 582. The fraction of sp³-hybridized carbons (Fsp3) is 0.143. The zero-order chi connectivity index (χ0) is 14.4. The van der Waals surface area contributed by atoms with Crippen molar-refractivity contribution in [1.82, 2.24) is 0 Å². The summed E-state index contributed by atoms with van der Waals surface area (Å²) in [6.45, 7) is 0. The van der Waals surface area contributed by atoms with Gasteiger partial charge in [0, 0.05) is 5.38 Å². The van der Waals surface area contributed by atoms with Crippen LogP contribution in [0.1, 0.15) is 5.56 Å². The fourth-order valence-corrected chi connectivity index (χ4v) is 2.40. The number of anilines is 1. The largest absolute Gasteiger partial charge is 0.409 e. The molecule has 0 radical (unpaired) electrons. The topological polar surface area (TPSA) is 87.7 Å². The fourth-order valence-electron chi connectivity index (χ4n) is 1.82.